The number of carboxylic acid groups (broad SMARTS) is 1. The maximum Gasteiger partial charge on any atom is 0.335 e. The van der Waals surface area contributed by atoms with Crippen molar-refractivity contribution in [3.05, 3.63) is 75.4 Å². The van der Waals surface area contributed by atoms with Gasteiger partial charge in [-0.2, -0.15) is 0 Å². The van der Waals surface area contributed by atoms with Gasteiger partial charge in [0.05, 0.1) is 35.4 Å². The van der Waals surface area contributed by atoms with Crippen LogP contribution in [-0.2, 0) is 0 Å². The third-order valence-electron chi connectivity index (χ3n) is 5.36. The summed E-state index contributed by atoms with van der Waals surface area (Å²) in [7, 11) is 1.49. The van der Waals surface area contributed by atoms with Crippen LogP contribution in [0.15, 0.2) is 48.6 Å². The lowest BCUT2D eigenvalue weighted by atomic mass is 9.76. The highest BCUT2D eigenvalue weighted by Gasteiger charge is 2.40. The predicted molar refractivity (Wildman–Crippen MR) is 99.4 cm³/mol. The van der Waals surface area contributed by atoms with E-state index in [1.807, 2.05) is 12.1 Å². The van der Waals surface area contributed by atoms with E-state index in [4.69, 9.17) is 9.84 Å². The Morgan fingerprint density at radius 1 is 1.30 bits per heavy atom. The van der Waals surface area contributed by atoms with Crippen LogP contribution in [0.1, 0.15) is 39.9 Å². The molecule has 2 aromatic rings. The monoisotopic (exact) mass is 366 g/mol. The van der Waals surface area contributed by atoms with E-state index >= 15 is 0 Å². The highest BCUT2D eigenvalue weighted by Crippen LogP contribution is 2.53. The molecule has 1 aliphatic carbocycles. The van der Waals surface area contributed by atoms with Gasteiger partial charge < -0.3 is 15.2 Å². The third-order valence-corrected chi connectivity index (χ3v) is 5.36. The minimum Gasteiger partial charge on any atom is -0.494 e. The predicted octanol–water partition coefficient (Wildman–Crippen LogP) is 4.13. The summed E-state index contributed by atoms with van der Waals surface area (Å²) in [5.41, 5.74) is 2.84. The average molecular weight is 366 g/mol. The fraction of sp³-hybridized carbons (Fsp3) is 0.250. The van der Waals surface area contributed by atoms with Crippen LogP contribution in [0.2, 0.25) is 0 Å². The van der Waals surface area contributed by atoms with Crippen molar-refractivity contribution in [1.29, 1.82) is 0 Å². The van der Waals surface area contributed by atoms with E-state index in [0.29, 0.717) is 5.75 Å². The fourth-order valence-electron chi connectivity index (χ4n) is 4.08. The lowest BCUT2D eigenvalue weighted by Crippen LogP contribution is -2.29. The van der Waals surface area contributed by atoms with Crippen molar-refractivity contribution in [3.8, 4) is 5.75 Å². The second kappa shape index (κ2) is 6.42. The summed E-state index contributed by atoms with van der Waals surface area (Å²) in [6, 6.07) is 9.82. The molecule has 0 amide bonds. The van der Waals surface area contributed by atoms with Gasteiger partial charge in [-0.25, -0.2) is 4.79 Å². The number of aromatic carboxylic acids is 1. The van der Waals surface area contributed by atoms with Crippen molar-refractivity contribution in [2.75, 3.05) is 12.4 Å². The number of nitrogens with zero attached hydrogens (tertiary/aromatic N) is 1. The first-order valence-corrected chi connectivity index (χ1v) is 8.62. The van der Waals surface area contributed by atoms with Gasteiger partial charge in [0.2, 0.25) is 0 Å². The zero-order valence-electron chi connectivity index (χ0n) is 14.6. The Morgan fingerprint density at radius 3 is 2.67 bits per heavy atom. The Morgan fingerprint density at radius 2 is 2.04 bits per heavy atom. The second-order valence-corrected chi connectivity index (χ2v) is 6.77. The van der Waals surface area contributed by atoms with Crippen molar-refractivity contribution in [3.63, 3.8) is 0 Å². The van der Waals surface area contributed by atoms with Gasteiger partial charge in [-0.05, 0) is 35.6 Å². The molecule has 2 aliphatic rings. The average Bonchev–Trinajstić information content (AvgIpc) is 3.16. The van der Waals surface area contributed by atoms with Crippen molar-refractivity contribution < 1.29 is 19.6 Å². The highest BCUT2D eigenvalue weighted by atomic mass is 16.6. The molecule has 0 radical (unpaired) electrons. The van der Waals surface area contributed by atoms with E-state index in [0.717, 1.165) is 23.2 Å². The van der Waals surface area contributed by atoms with Gasteiger partial charge in [-0.1, -0.05) is 24.3 Å². The minimum atomic E-state index is -0.960. The summed E-state index contributed by atoms with van der Waals surface area (Å²) < 4.78 is 5.42. The molecule has 0 bridgehead atoms. The number of benzene rings is 2. The molecular formula is C20H18N2O5. The second-order valence-electron chi connectivity index (χ2n) is 6.77. The molecular weight excluding hydrogens is 348 g/mol. The topological polar surface area (TPSA) is 102 Å². The van der Waals surface area contributed by atoms with Gasteiger partial charge in [-0.15, -0.1) is 0 Å². The molecule has 0 saturated carbocycles. The van der Waals surface area contributed by atoms with Crippen molar-refractivity contribution in [2.24, 2.45) is 5.92 Å². The molecule has 0 fully saturated rings. The number of hydrogen-bond acceptors (Lipinski definition) is 5. The Hall–Kier alpha value is -3.35. The molecule has 3 unspecified atom stereocenters. The quantitative estimate of drug-likeness (QED) is 0.479. The molecule has 0 aromatic heterocycles. The first-order chi connectivity index (χ1) is 13.0. The maximum absolute atomic E-state index is 11.3. The number of allylic oxidation sites excluding steroid dienone is 2. The molecule has 2 aromatic carbocycles. The van der Waals surface area contributed by atoms with Crippen LogP contribution in [0.4, 0.5) is 11.4 Å². The maximum atomic E-state index is 11.3. The lowest BCUT2D eigenvalue weighted by molar-refractivity contribution is -0.385. The van der Waals surface area contributed by atoms with E-state index in [-0.39, 0.29) is 29.1 Å². The van der Waals surface area contributed by atoms with Crippen molar-refractivity contribution in [1.82, 2.24) is 0 Å². The Balaban J connectivity index is 1.79. The van der Waals surface area contributed by atoms with E-state index in [2.05, 4.69) is 17.5 Å². The number of fused-ring (bicyclic) bond motifs is 3. The van der Waals surface area contributed by atoms with Crippen LogP contribution in [0.5, 0.6) is 5.75 Å². The number of nitrogens with one attached hydrogen (secondary N) is 1. The highest BCUT2D eigenvalue weighted by molar-refractivity contribution is 5.87. The molecule has 2 N–H and O–H groups in total. The summed E-state index contributed by atoms with van der Waals surface area (Å²) in [6.07, 6.45) is 5.02. The van der Waals surface area contributed by atoms with E-state index < -0.39 is 10.9 Å². The van der Waals surface area contributed by atoms with Crippen LogP contribution < -0.4 is 10.1 Å². The molecule has 7 heteroatoms. The molecule has 0 saturated heterocycles. The van der Waals surface area contributed by atoms with Gasteiger partial charge in [-0.3, -0.25) is 10.1 Å². The van der Waals surface area contributed by atoms with Crippen LogP contribution in [0.25, 0.3) is 0 Å². The summed E-state index contributed by atoms with van der Waals surface area (Å²) in [5.74, 6) is -0.290. The number of anilines is 1. The number of ether oxygens (including phenoxy) is 1. The Bertz CT molecular complexity index is 952. The number of methoxy groups -OCH3 is 1. The third kappa shape index (κ3) is 2.81. The Kier molecular flexibility index (Phi) is 4.07. The number of nitro groups is 1. The molecule has 138 valence electrons. The number of carbonyl (C=O) groups is 1. The number of carboxylic acids is 1. The van der Waals surface area contributed by atoms with Gasteiger partial charge in [0, 0.05) is 12.0 Å². The number of rotatable bonds is 4. The molecule has 4 rings (SSSR count). The smallest absolute Gasteiger partial charge is 0.335 e. The van der Waals surface area contributed by atoms with Crippen molar-refractivity contribution >= 4 is 17.3 Å². The summed E-state index contributed by atoms with van der Waals surface area (Å²) >= 11 is 0. The summed E-state index contributed by atoms with van der Waals surface area (Å²) in [4.78, 5) is 22.0. The molecule has 0 spiro atoms. The van der Waals surface area contributed by atoms with E-state index in [9.17, 15) is 14.9 Å². The zero-order valence-corrected chi connectivity index (χ0v) is 14.6. The fourth-order valence-corrected chi connectivity index (χ4v) is 4.08. The number of hydrogen-bond donors (Lipinski definition) is 2. The van der Waals surface area contributed by atoms with Gasteiger partial charge in [0.1, 0.15) is 5.75 Å². The van der Waals surface area contributed by atoms with Gasteiger partial charge in [0.25, 0.3) is 5.69 Å². The van der Waals surface area contributed by atoms with Crippen molar-refractivity contribution in [2.45, 2.75) is 18.4 Å². The first-order valence-electron chi connectivity index (χ1n) is 8.62. The van der Waals surface area contributed by atoms with E-state index in [1.165, 1.54) is 13.2 Å². The lowest BCUT2D eigenvalue weighted by Gasteiger charge is -2.38. The summed E-state index contributed by atoms with van der Waals surface area (Å²) in [5, 5.41) is 23.9. The summed E-state index contributed by atoms with van der Waals surface area (Å²) in [6.45, 7) is 0. The van der Waals surface area contributed by atoms with Crippen LogP contribution >= 0.6 is 0 Å². The zero-order chi connectivity index (χ0) is 19.1. The van der Waals surface area contributed by atoms with Crippen LogP contribution in [-0.4, -0.2) is 23.1 Å². The van der Waals surface area contributed by atoms with Gasteiger partial charge in [0.15, 0.2) is 0 Å². The van der Waals surface area contributed by atoms with Crippen LogP contribution in [0, 0.1) is 16.0 Å². The molecule has 7 nitrogen and oxygen atoms in total. The SMILES string of the molecule is COc1cc([N+](=O)[O-])cc2c1NC(c1ccc(C(=O)O)cc1)C1CC=CC21. The van der Waals surface area contributed by atoms with Crippen LogP contribution in [0.3, 0.4) is 0 Å². The largest absolute Gasteiger partial charge is 0.494 e. The number of non-ortho nitro benzene ring substituents is 1. The first kappa shape index (κ1) is 17.1. The Labute approximate surface area is 155 Å². The minimum absolute atomic E-state index is 0.00992. The standard InChI is InChI=1S/C20H18N2O5/c1-27-17-10-13(22(25)26)9-16-14-3-2-4-15(14)18(21-19(16)17)11-5-7-12(8-6-11)20(23)24/h2-3,5-10,14-15,18,21H,4H2,1H3,(H,23,24). The molecule has 1 heterocycles. The molecule has 27 heavy (non-hydrogen) atoms. The molecule has 1 aliphatic heterocycles. The van der Waals surface area contributed by atoms with E-state index in [1.54, 1.807) is 18.2 Å². The van der Waals surface area contributed by atoms with Gasteiger partial charge >= 0.3 is 5.97 Å². The number of nitro benzene ring substituents is 1. The molecule has 3 atom stereocenters. The normalized spacial score (nSPS) is 22.5.